The minimum absolute atomic E-state index is 0.317. The van der Waals surface area contributed by atoms with E-state index >= 15 is 0 Å². The van der Waals surface area contributed by atoms with Gasteiger partial charge in [-0.15, -0.1) is 0 Å². The van der Waals surface area contributed by atoms with Crippen molar-refractivity contribution in [2.45, 2.75) is 204 Å². The number of likely N-dealkylation sites (tertiary alicyclic amines) is 4. The van der Waals surface area contributed by atoms with Gasteiger partial charge in [0.15, 0.2) is 0 Å². The molecule has 3 N–H and O–H groups in total. The van der Waals surface area contributed by atoms with Crippen LogP contribution in [0, 0.1) is 27.7 Å². The first kappa shape index (κ1) is 84.5. The second-order valence-corrected chi connectivity index (χ2v) is 34.1. The lowest BCUT2D eigenvalue weighted by Gasteiger charge is -2.39. The zero-order chi connectivity index (χ0) is 81.5. The Morgan fingerprint density at radius 2 is 0.650 bits per heavy atom. The normalized spacial score (nSPS) is 21.5. The summed E-state index contributed by atoms with van der Waals surface area (Å²) in [4.78, 5) is 56.8. The predicted octanol–water partition coefficient (Wildman–Crippen LogP) is 16.5. The van der Waals surface area contributed by atoms with Gasteiger partial charge in [0, 0.05) is 98.5 Å². The van der Waals surface area contributed by atoms with E-state index in [1.807, 2.05) is 56.1 Å². The molecule has 17 rings (SSSR count). The third-order valence-corrected chi connectivity index (χ3v) is 26.1. The highest BCUT2D eigenvalue weighted by atomic mass is 15.3. The van der Waals surface area contributed by atoms with Crippen LogP contribution in [-0.2, 0) is 25.7 Å². The molecule has 21 nitrogen and oxygen atoms in total. The zero-order valence-electron chi connectivity index (χ0n) is 72.2. The van der Waals surface area contributed by atoms with Crippen LogP contribution >= 0.6 is 0 Å². The first-order valence-corrected chi connectivity index (χ1v) is 43.9. The van der Waals surface area contributed by atoms with Crippen LogP contribution in [0.2, 0.25) is 0 Å². The summed E-state index contributed by atoms with van der Waals surface area (Å²) in [6.45, 7) is 17.4. The standard InChI is InChI=1S/C27H38N6.C24H33N5.C23H31N5.C22H29N5/c1-21-9-7-14-28-26(21)22-10-6-11-23(31(22)3)27-24(33-16-5-4-13-25(33)29-27)12-8-15-32-19-17-30(2)18-20-32;1-18-10-8-15-25-23(18)19-11-7-12-20(28(19)4)24-21(13-9-16-27(2)3)29-17-6-5-14-22(29)26-24;1-17-9-7-15-25-22(17)18-10-6-11-19(27(18)3)23-20(12-8-14-24-2)28-16-5-4-13-21(28)26-23;1-16-8-7-14-24-21(16)17-9-5-10-18(26(17)2)22-19(11-6-13-23)27-15-4-3-12-20(27)25-22/h4-5,7,9,13-14,16,22-23H,6,8,10-12,15,17-20H2,1-3H3;5-6,8,10,14-15,17,19-20H,7,9,11-13,16H2,1-4H3;4-5,7,9,13,15-16,18-19,24H,6,8,10-12,14H2,1-3H3;3-4,7-8,12,14-15,17-18H,5-6,9-11,13,23H2,1-2H3/t22-,23+;19-,20+;18-,19+;17-,18+/m0000/s1. The number of nitrogens with one attached hydrogen (secondary N) is 1. The van der Waals surface area contributed by atoms with Crippen molar-refractivity contribution in [3.63, 3.8) is 0 Å². The van der Waals surface area contributed by atoms with Crippen LogP contribution in [0.1, 0.15) is 242 Å². The number of likely N-dealkylation sites (N-methyl/N-ethyl adjacent to an activating group) is 1. The van der Waals surface area contributed by atoms with Gasteiger partial charge in [0.05, 0.1) is 93.9 Å². The third kappa shape index (κ3) is 19.5. The molecule has 0 spiro atoms. The number of imidazole rings is 4. The van der Waals surface area contributed by atoms with E-state index in [-0.39, 0.29) is 0 Å². The Bertz CT molecular complexity index is 5140. The van der Waals surface area contributed by atoms with Crippen molar-refractivity contribution in [1.82, 2.24) is 97.1 Å². The van der Waals surface area contributed by atoms with Gasteiger partial charge in [-0.3, -0.25) is 39.5 Å². The summed E-state index contributed by atoms with van der Waals surface area (Å²) in [5.74, 6) is 0. The van der Waals surface area contributed by atoms with E-state index in [0.717, 1.165) is 132 Å². The van der Waals surface area contributed by atoms with Crippen molar-refractivity contribution >= 4 is 22.6 Å². The van der Waals surface area contributed by atoms with Crippen LogP contribution in [-0.4, -0.2) is 201 Å². The molecule has 5 fully saturated rings. The molecule has 0 unspecified atom stereocenters. The van der Waals surface area contributed by atoms with Crippen LogP contribution < -0.4 is 11.1 Å². The van der Waals surface area contributed by atoms with Crippen molar-refractivity contribution in [2.24, 2.45) is 5.73 Å². The lowest BCUT2D eigenvalue weighted by Crippen LogP contribution is -2.44. The van der Waals surface area contributed by atoms with E-state index in [2.05, 4.69) is 256 Å². The van der Waals surface area contributed by atoms with Gasteiger partial charge < -0.3 is 43.4 Å². The monoisotopic (exact) mass is 1580 g/mol. The molecule has 117 heavy (non-hydrogen) atoms. The molecular weight excluding hydrogens is 1450 g/mol. The van der Waals surface area contributed by atoms with E-state index in [4.69, 9.17) is 45.6 Å². The fourth-order valence-corrected chi connectivity index (χ4v) is 19.7. The van der Waals surface area contributed by atoms with Gasteiger partial charge in [-0.2, -0.15) is 0 Å². The summed E-state index contributed by atoms with van der Waals surface area (Å²) in [6, 6.07) is 44.8. The fraction of sp³-hybridized carbons (Fsp3) is 0.500. The van der Waals surface area contributed by atoms with Crippen LogP contribution in [0.3, 0.4) is 0 Å². The van der Waals surface area contributed by atoms with E-state index in [9.17, 15) is 0 Å². The summed E-state index contributed by atoms with van der Waals surface area (Å²) in [5.41, 5.74) is 30.5. The van der Waals surface area contributed by atoms with Crippen LogP contribution in [0.25, 0.3) is 22.6 Å². The van der Waals surface area contributed by atoms with E-state index in [0.29, 0.717) is 54.9 Å². The Hall–Kier alpha value is -9.00. The van der Waals surface area contributed by atoms with Gasteiger partial charge in [0.2, 0.25) is 0 Å². The zero-order valence-corrected chi connectivity index (χ0v) is 72.2. The number of fused-ring (bicyclic) bond motifs is 4. The van der Waals surface area contributed by atoms with Gasteiger partial charge in [0.1, 0.15) is 22.6 Å². The molecule has 0 aromatic carbocycles. The fourth-order valence-electron chi connectivity index (χ4n) is 19.7. The van der Waals surface area contributed by atoms with Gasteiger partial charge in [-0.1, -0.05) is 48.5 Å². The van der Waals surface area contributed by atoms with Crippen molar-refractivity contribution in [2.75, 3.05) is 109 Å². The minimum Gasteiger partial charge on any atom is -0.330 e. The highest BCUT2D eigenvalue weighted by Crippen LogP contribution is 2.46. The van der Waals surface area contributed by atoms with E-state index in [1.165, 1.54) is 155 Å². The number of nitrogens with zero attached hydrogens (tertiary/aromatic N) is 19. The molecule has 0 radical (unpaired) electrons. The molecule has 5 saturated heterocycles. The van der Waals surface area contributed by atoms with Crippen molar-refractivity contribution in [3.8, 4) is 0 Å². The lowest BCUT2D eigenvalue weighted by molar-refractivity contribution is 0.108. The summed E-state index contributed by atoms with van der Waals surface area (Å²) in [6.07, 6.45) is 39.0. The smallest absolute Gasteiger partial charge is 0.137 e. The number of piperidine rings is 4. The second kappa shape index (κ2) is 40.2. The largest absolute Gasteiger partial charge is 0.330 e. The topological polar surface area (TPSA) is 181 Å². The number of nitrogens with two attached hydrogens (primary N) is 1. The van der Waals surface area contributed by atoms with E-state index < -0.39 is 0 Å². The molecule has 17 heterocycles. The third-order valence-electron chi connectivity index (χ3n) is 26.1. The van der Waals surface area contributed by atoms with Gasteiger partial charge in [-0.05, 0) is 334 Å². The Balaban J connectivity index is 0.000000129. The average molecular weight is 1580 g/mol. The summed E-state index contributed by atoms with van der Waals surface area (Å²) in [7, 11) is 17.6. The minimum atomic E-state index is 0.317. The van der Waals surface area contributed by atoms with Gasteiger partial charge in [0.25, 0.3) is 0 Å². The predicted molar refractivity (Wildman–Crippen MR) is 474 cm³/mol. The Morgan fingerprint density at radius 1 is 0.359 bits per heavy atom. The van der Waals surface area contributed by atoms with Crippen molar-refractivity contribution in [1.29, 1.82) is 0 Å². The quantitative estimate of drug-likeness (QED) is 0.0577. The summed E-state index contributed by atoms with van der Waals surface area (Å²) in [5, 5.41) is 3.27. The number of aromatic nitrogens is 12. The molecule has 21 heteroatoms. The van der Waals surface area contributed by atoms with Crippen molar-refractivity contribution in [3.05, 3.63) is 261 Å². The number of piperazine rings is 1. The van der Waals surface area contributed by atoms with Crippen molar-refractivity contribution < 1.29 is 0 Å². The second-order valence-electron chi connectivity index (χ2n) is 34.1. The summed E-state index contributed by atoms with van der Waals surface area (Å²) < 4.78 is 9.17. The molecule has 0 bridgehead atoms. The Morgan fingerprint density at radius 3 is 0.940 bits per heavy atom. The maximum absolute atomic E-state index is 5.81. The summed E-state index contributed by atoms with van der Waals surface area (Å²) >= 11 is 0. The number of hydrogen-bond acceptors (Lipinski definition) is 17. The Labute approximate surface area is 696 Å². The molecule has 0 aliphatic carbocycles. The SMILES string of the molecule is CNCCCc1c([C@H]2CCC[C@@H](c3ncccc3C)N2C)nc2ccccn12.Cc1cccnc1[C@@H]1CCC[C@H](c2nc3ccccn3c2CCCN(C)C)N1C.Cc1cccnc1[C@@H]1CCC[C@H](c2nc3ccccn3c2CCCN)N1C.Cc1cccnc1[C@@H]1CCC[C@H](c2nc3ccccn3c2CCCN2CCN(C)CC2)N1C. The first-order chi connectivity index (χ1) is 57.1. The first-order valence-electron chi connectivity index (χ1n) is 43.9. The Kier molecular flexibility index (Phi) is 29.0. The molecule has 0 amide bonds. The number of rotatable bonds is 23. The highest BCUT2D eigenvalue weighted by molar-refractivity contribution is 5.48. The number of pyridine rings is 8. The van der Waals surface area contributed by atoms with Crippen LogP contribution in [0.5, 0.6) is 0 Å². The molecule has 0 saturated carbocycles. The molecule has 5 aliphatic rings. The van der Waals surface area contributed by atoms with Gasteiger partial charge >= 0.3 is 0 Å². The molecular formula is C96H131N21. The number of aryl methyl sites for hydroxylation is 8. The maximum Gasteiger partial charge on any atom is 0.137 e. The highest BCUT2D eigenvalue weighted by Gasteiger charge is 2.39. The van der Waals surface area contributed by atoms with E-state index in [1.54, 1.807) is 0 Å². The molecule has 620 valence electrons. The molecule has 5 aliphatic heterocycles. The lowest BCUT2D eigenvalue weighted by atomic mass is 9.90. The van der Waals surface area contributed by atoms with Crippen LogP contribution in [0.15, 0.2) is 171 Å². The molecule has 8 atom stereocenters. The average Bonchev–Trinajstić information content (AvgIpc) is 1.68. The van der Waals surface area contributed by atoms with Gasteiger partial charge in [-0.25, -0.2) is 19.9 Å². The molecule has 12 aromatic heterocycles. The maximum atomic E-state index is 5.81. The molecule has 12 aromatic rings. The number of hydrogen-bond donors (Lipinski definition) is 2. The van der Waals surface area contributed by atoms with Crippen LogP contribution in [0.4, 0.5) is 0 Å².